The topological polar surface area (TPSA) is 114 Å². The van der Waals surface area contributed by atoms with Gasteiger partial charge in [0, 0.05) is 22.8 Å². The standard InChI is InChI=1S/C28H28O9/c1-17(2)26(30)34-12-11-33-23-13-21(20-7-9-22(10-8-20)37-28(32)19(5)6)14-24(15-23)36-25(29)16-35-27(31)18(3)4/h7-10,13-15H,1,3,5,11-12,16H2,2,4,6H3. The molecule has 0 saturated heterocycles. The summed E-state index contributed by atoms with van der Waals surface area (Å²) in [6.07, 6.45) is 0. The Labute approximate surface area is 214 Å². The predicted molar refractivity (Wildman–Crippen MR) is 135 cm³/mol. The van der Waals surface area contributed by atoms with E-state index in [1.165, 1.54) is 19.9 Å². The van der Waals surface area contributed by atoms with E-state index >= 15 is 0 Å². The summed E-state index contributed by atoms with van der Waals surface area (Å²) in [5.41, 5.74) is 1.98. The molecule has 2 aromatic rings. The highest BCUT2D eigenvalue weighted by Crippen LogP contribution is 2.31. The Balaban J connectivity index is 2.21. The minimum Gasteiger partial charge on any atom is -0.490 e. The molecule has 0 amide bonds. The molecule has 0 aliphatic carbocycles. The van der Waals surface area contributed by atoms with Crippen LogP contribution in [0.2, 0.25) is 0 Å². The Morgan fingerprint density at radius 1 is 0.622 bits per heavy atom. The van der Waals surface area contributed by atoms with Crippen molar-refractivity contribution in [1.29, 1.82) is 0 Å². The van der Waals surface area contributed by atoms with E-state index in [9.17, 15) is 19.2 Å². The van der Waals surface area contributed by atoms with Crippen LogP contribution in [0.4, 0.5) is 0 Å². The first-order valence-electron chi connectivity index (χ1n) is 11.1. The average molecular weight is 509 g/mol. The lowest BCUT2D eigenvalue weighted by Crippen LogP contribution is -2.19. The van der Waals surface area contributed by atoms with Crippen LogP contribution < -0.4 is 14.2 Å². The summed E-state index contributed by atoms with van der Waals surface area (Å²) < 4.78 is 26.0. The van der Waals surface area contributed by atoms with Crippen LogP contribution in [-0.2, 0) is 28.7 Å². The van der Waals surface area contributed by atoms with Gasteiger partial charge in [-0.25, -0.2) is 19.2 Å². The third kappa shape index (κ3) is 9.48. The Morgan fingerprint density at radius 3 is 1.78 bits per heavy atom. The van der Waals surface area contributed by atoms with Crippen molar-refractivity contribution in [2.45, 2.75) is 20.8 Å². The van der Waals surface area contributed by atoms with Gasteiger partial charge in [0.15, 0.2) is 6.61 Å². The number of hydrogen-bond donors (Lipinski definition) is 0. The molecule has 37 heavy (non-hydrogen) atoms. The van der Waals surface area contributed by atoms with Crippen LogP contribution in [0, 0.1) is 0 Å². The fourth-order valence-electron chi connectivity index (χ4n) is 2.62. The molecule has 0 N–H and O–H groups in total. The number of carbonyl (C=O) groups excluding carboxylic acids is 4. The van der Waals surface area contributed by atoms with Crippen molar-refractivity contribution < 1.29 is 42.9 Å². The molecule has 0 aliphatic rings. The maximum Gasteiger partial charge on any atom is 0.349 e. The maximum absolute atomic E-state index is 12.2. The molecule has 0 heterocycles. The molecule has 0 radical (unpaired) electrons. The van der Waals surface area contributed by atoms with Gasteiger partial charge in [0.05, 0.1) is 0 Å². The molecule has 0 bridgehead atoms. The van der Waals surface area contributed by atoms with Gasteiger partial charge in [-0.3, -0.25) is 0 Å². The van der Waals surface area contributed by atoms with Gasteiger partial charge in [0.1, 0.15) is 30.5 Å². The average Bonchev–Trinajstić information content (AvgIpc) is 2.85. The molecule has 0 fully saturated rings. The molecule has 9 heteroatoms. The second-order valence-corrected chi connectivity index (χ2v) is 7.98. The third-order valence-electron chi connectivity index (χ3n) is 4.46. The van der Waals surface area contributed by atoms with Crippen LogP contribution in [0.1, 0.15) is 20.8 Å². The highest BCUT2D eigenvalue weighted by atomic mass is 16.6. The third-order valence-corrected chi connectivity index (χ3v) is 4.46. The Morgan fingerprint density at radius 2 is 1.19 bits per heavy atom. The van der Waals surface area contributed by atoms with Crippen molar-refractivity contribution in [1.82, 2.24) is 0 Å². The van der Waals surface area contributed by atoms with Crippen molar-refractivity contribution in [2.75, 3.05) is 19.8 Å². The van der Waals surface area contributed by atoms with Crippen LogP contribution in [0.15, 0.2) is 78.9 Å². The fraction of sp³-hybridized carbons (Fsp3) is 0.214. The zero-order chi connectivity index (χ0) is 27.5. The SMILES string of the molecule is C=C(C)C(=O)OCCOc1cc(OC(=O)COC(=O)C(=C)C)cc(-c2ccc(OC(=O)C(=C)C)cc2)c1. The van der Waals surface area contributed by atoms with Gasteiger partial charge >= 0.3 is 23.9 Å². The summed E-state index contributed by atoms with van der Waals surface area (Å²) in [6, 6.07) is 11.3. The maximum atomic E-state index is 12.2. The first-order chi connectivity index (χ1) is 17.5. The van der Waals surface area contributed by atoms with E-state index in [4.69, 9.17) is 23.7 Å². The van der Waals surface area contributed by atoms with Crippen LogP contribution in [0.3, 0.4) is 0 Å². The Bertz CT molecular complexity index is 1220. The monoisotopic (exact) mass is 508 g/mol. The van der Waals surface area contributed by atoms with Gasteiger partial charge in [-0.15, -0.1) is 0 Å². The van der Waals surface area contributed by atoms with Gasteiger partial charge in [0.2, 0.25) is 0 Å². The first-order valence-corrected chi connectivity index (χ1v) is 11.1. The lowest BCUT2D eigenvalue weighted by Gasteiger charge is -2.13. The fourth-order valence-corrected chi connectivity index (χ4v) is 2.62. The van der Waals surface area contributed by atoms with Crippen LogP contribution >= 0.6 is 0 Å². The smallest absolute Gasteiger partial charge is 0.349 e. The van der Waals surface area contributed by atoms with E-state index in [1.807, 2.05) is 0 Å². The van der Waals surface area contributed by atoms with Gasteiger partial charge < -0.3 is 23.7 Å². The van der Waals surface area contributed by atoms with Crippen LogP contribution in [0.5, 0.6) is 17.2 Å². The van der Waals surface area contributed by atoms with E-state index < -0.39 is 30.5 Å². The predicted octanol–water partition coefficient (Wildman–Crippen LogP) is 4.36. The molecule has 0 saturated carbocycles. The molecule has 0 aromatic heterocycles. The zero-order valence-corrected chi connectivity index (χ0v) is 21.0. The largest absolute Gasteiger partial charge is 0.490 e. The van der Waals surface area contributed by atoms with Crippen molar-refractivity contribution in [3.8, 4) is 28.4 Å². The summed E-state index contributed by atoms with van der Waals surface area (Å²) in [4.78, 5) is 47.0. The second-order valence-electron chi connectivity index (χ2n) is 7.98. The van der Waals surface area contributed by atoms with E-state index in [2.05, 4.69) is 19.7 Å². The van der Waals surface area contributed by atoms with Gasteiger partial charge in [-0.2, -0.15) is 0 Å². The summed E-state index contributed by atoms with van der Waals surface area (Å²) in [7, 11) is 0. The molecule has 194 valence electrons. The van der Waals surface area contributed by atoms with Crippen molar-refractivity contribution in [3.05, 3.63) is 78.9 Å². The van der Waals surface area contributed by atoms with Gasteiger partial charge in [-0.1, -0.05) is 31.9 Å². The molecule has 0 aliphatic heterocycles. The number of esters is 4. The second kappa shape index (κ2) is 13.4. The van der Waals surface area contributed by atoms with Crippen molar-refractivity contribution in [2.24, 2.45) is 0 Å². The first kappa shape index (κ1) is 28.6. The van der Waals surface area contributed by atoms with Gasteiger partial charge in [-0.05, 0) is 56.2 Å². The number of ether oxygens (including phenoxy) is 5. The summed E-state index contributed by atoms with van der Waals surface area (Å²) in [6.45, 7) is 14.4. The Kier molecular flexibility index (Phi) is 10.4. The zero-order valence-electron chi connectivity index (χ0n) is 21.0. The van der Waals surface area contributed by atoms with E-state index in [0.29, 0.717) is 22.6 Å². The minimum absolute atomic E-state index is 0.0231. The highest BCUT2D eigenvalue weighted by molar-refractivity contribution is 5.89. The van der Waals surface area contributed by atoms with E-state index in [0.717, 1.165) is 0 Å². The molecule has 0 unspecified atom stereocenters. The quantitative estimate of drug-likeness (QED) is 0.179. The molecular formula is C28H28O9. The molecular weight excluding hydrogens is 480 g/mol. The Hall–Kier alpha value is -4.66. The highest BCUT2D eigenvalue weighted by Gasteiger charge is 2.13. The lowest BCUT2D eigenvalue weighted by molar-refractivity contribution is -0.150. The number of carbonyl (C=O) groups is 4. The number of rotatable bonds is 12. The van der Waals surface area contributed by atoms with E-state index in [-0.39, 0.29) is 35.7 Å². The number of benzene rings is 2. The summed E-state index contributed by atoms with van der Waals surface area (Å²) >= 11 is 0. The van der Waals surface area contributed by atoms with E-state index in [1.54, 1.807) is 43.3 Å². The molecule has 2 aromatic carbocycles. The summed E-state index contributed by atoms with van der Waals surface area (Å²) in [5, 5.41) is 0. The number of hydrogen-bond acceptors (Lipinski definition) is 9. The van der Waals surface area contributed by atoms with Crippen molar-refractivity contribution in [3.63, 3.8) is 0 Å². The normalized spacial score (nSPS) is 10.0. The molecule has 2 rings (SSSR count). The molecule has 0 spiro atoms. The van der Waals surface area contributed by atoms with Crippen molar-refractivity contribution >= 4 is 23.9 Å². The lowest BCUT2D eigenvalue weighted by atomic mass is 10.0. The summed E-state index contributed by atoms with van der Waals surface area (Å²) in [5.74, 6) is -1.83. The van der Waals surface area contributed by atoms with Crippen LogP contribution in [-0.4, -0.2) is 43.7 Å². The van der Waals surface area contributed by atoms with Gasteiger partial charge in [0.25, 0.3) is 0 Å². The molecule has 9 nitrogen and oxygen atoms in total. The molecule has 0 atom stereocenters. The van der Waals surface area contributed by atoms with Crippen LogP contribution in [0.25, 0.3) is 11.1 Å². The minimum atomic E-state index is -0.810.